The molecule has 0 spiro atoms. The van der Waals surface area contributed by atoms with Crippen LogP contribution in [0.15, 0.2) is 29.0 Å². The molecule has 0 atom stereocenters. The highest BCUT2D eigenvalue weighted by Gasteiger charge is 2.13. The Labute approximate surface area is 125 Å². The smallest absolute Gasteiger partial charge is 0.151 e. The highest BCUT2D eigenvalue weighted by Crippen LogP contribution is 2.22. The molecule has 3 aromatic rings. The van der Waals surface area contributed by atoms with Crippen LogP contribution in [0.25, 0.3) is 16.7 Å². The summed E-state index contributed by atoms with van der Waals surface area (Å²) in [5.74, 6) is 1.79. The summed E-state index contributed by atoms with van der Waals surface area (Å²) in [7, 11) is 0. The molecular weight excluding hydrogens is 318 g/mol. The molecule has 0 N–H and O–H groups in total. The lowest BCUT2D eigenvalue weighted by molar-refractivity contribution is 0.793. The fraction of sp³-hybridized carbons (Fsp3) is 0.286. The first kappa shape index (κ1) is 13.2. The van der Waals surface area contributed by atoms with Gasteiger partial charge in [0.1, 0.15) is 11.3 Å². The van der Waals surface area contributed by atoms with Gasteiger partial charge in [0.25, 0.3) is 0 Å². The summed E-state index contributed by atoms with van der Waals surface area (Å²) < 4.78 is 2.79. The van der Waals surface area contributed by atoms with Crippen molar-refractivity contribution in [1.29, 1.82) is 0 Å². The Hall–Kier alpha value is -1.82. The van der Waals surface area contributed by atoms with E-state index in [0.717, 1.165) is 45.7 Å². The van der Waals surface area contributed by atoms with E-state index in [1.165, 1.54) is 0 Å². The Morgan fingerprint density at radius 3 is 2.80 bits per heavy atom. The molecule has 0 aromatic carbocycles. The molecule has 0 unspecified atom stereocenters. The topological polar surface area (TPSA) is 56.5 Å². The molecular formula is C14H14BrN5. The van der Waals surface area contributed by atoms with E-state index in [1.54, 1.807) is 12.4 Å². The molecule has 3 aromatic heterocycles. The third-order valence-corrected chi connectivity index (χ3v) is 3.54. The van der Waals surface area contributed by atoms with Gasteiger partial charge < -0.3 is 0 Å². The number of hydrogen-bond acceptors (Lipinski definition) is 4. The molecule has 0 aliphatic rings. The monoisotopic (exact) mass is 331 g/mol. The molecule has 0 aliphatic heterocycles. The Morgan fingerprint density at radius 2 is 2.05 bits per heavy atom. The summed E-state index contributed by atoms with van der Waals surface area (Å²) in [6.07, 6.45) is 5.20. The van der Waals surface area contributed by atoms with Crippen LogP contribution < -0.4 is 0 Å². The highest BCUT2D eigenvalue weighted by molar-refractivity contribution is 9.10. The van der Waals surface area contributed by atoms with E-state index in [9.17, 15) is 0 Å². The fourth-order valence-corrected chi connectivity index (χ4v) is 2.44. The molecule has 0 saturated heterocycles. The van der Waals surface area contributed by atoms with Crippen molar-refractivity contribution >= 4 is 27.0 Å². The third kappa shape index (κ3) is 2.20. The minimum Gasteiger partial charge on any atom is -0.254 e. The minimum atomic E-state index is 0.821. The fourth-order valence-electron chi connectivity index (χ4n) is 2.13. The first-order valence-electron chi connectivity index (χ1n) is 6.58. The maximum Gasteiger partial charge on any atom is 0.151 e. The van der Waals surface area contributed by atoms with Gasteiger partial charge in [-0.1, -0.05) is 13.8 Å². The zero-order valence-corrected chi connectivity index (χ0v) is 12.9. The maximum atomic E-state index is 4.57. The number of nitrogens with zero attached hydrogens (tertiary/aromatic N) is 5. The van der Waals surface area contributed by atoms with Crippen molar-refractivity contribution in [3.05, 3.63) is 40.6 Å². The summed E-state index contributed by atoms with van der Waals surface area (Å²) in [4.78, 5) is 13.4. The van der Waals surface area contributed by atoms with Gasteiger partial charge in [-0.25, -0.2) is 9.67 Å². The van der Waals surface area contributed by atoms with E-state index in [2.05, 4.69) is 49.8 Å². The molecule has 0 bridgehead atoms. The lowest BCUT2D eigenvalue weighted by atomic mass is 10.3. The van der Waals surface area contributed by atoms with Gasteiger partial charge in [-0.2, -0.15) is 5.10 Å². The van der Waals surface area contributed by atoms with Gasteiger partial charge in [0.05, 0.1) is 11.2 Å². The number of halogens is 1. The summed E-state index contributed by atoms with van der Waals surface area (Å²) in [5, 5.41) is 4.57. The Bertz CT molecular complexity index is 765. The molecule has 102 valence electrons. The van der Waals surface area contributed by atoms with Gasteiger partial charge >= 0.3 is 0 Å². The number of aryl methyl sites for hydroxylation is 2. The van der Waals surface area contributed by atoms with Crippen LogP contribution in [0.3, 0.4) is 0 Å². The van der Waals surface area contributed by atoms with Crippen LogP contribution in [-0.4, -0.2) is 24.7 Å². The van der Waals surface area contributed by atoms with Crippen LogP contribution in [0.1, 0.15) is 25.5 Å². The molecule has 0 aliphatic carbocycles. The zero-order chi connectivity index (χ0) is 14.1. The highest BCUT2D eigenvalue weighted by atomic mass is 79.9. The van der Waals surface area contributed by atoms with Crippen molar-refractivity contribution in [2.45, 2.75) is 26.7 Å². The molecule has 0 fully saturated rings. The van der Waals surface area contributed by atoms with Crippen molar-refractivity contribution in [3.63, 3.8) is 0 Å². The van der Waals surface area contributed by atoms with Crippen molar-refractivity contribution in [3.8, 4) is 5.69 Å². The molecule has 3 rings (SSSR count). The van der Waals surface area contributed by atoms with Crippen LogP contribution >= 0.6 is 15.9 Å². The zero-order valence-electron chi connectivity index (χ0n) is 11.3. The van der Waals surface area contributed by atoms with Gasteiger partial charge in [-0.3, -0.25) is 9.97 Å². The van der Waals surface area contributed by atoms with Crippen LogP contribution in [0.2, 0.25) is 0 Å². The Kier molecular flexibility index (Phi) is 3.48. The SMILES string of the molecule is CCc1nc(CC)n(-c2ccnc3cc(Br)cnc23)n1. The molecule has 0 saturated carbocycles. The quantitative estimate of drug-likeness (QED) is 0.740. The lowest BCUT2D eigenvalue weighted by Crippen LogP contribution is -2.04. The largest absolute Gasteiger partial charge is 0.254 e. The van der Waals surface area contributed by atoms with E-state index in [-0.39, 0.29) is 0 Å². The minimum absolute atomic E-state index is 0.821. The third-order valence-electron chi connectivity index (χ3n) is 3.10. The summed E-state index contributed by atoms with van der Waals surface area (Å²) in [6, 6.07) is 3.88. The second kappa shape index (κ2) is 5.28. The van der Waals surface area contributed by atoms with E-state index in [4.69, 9.17) is 0 Å². The molecule has 20 heavy (non-hydrogen) atoms. The lowest BCUT2D eigenvalue weighted by Gasteiger charge is -2.07. The number of fused-ring (bicyclic) bond motifs is 1. The average molecular weight is 332 g/mol. The van der Waals surface area contributed by atoms with E-state index in [0.29, 0.717) is 0 Å². The molecule has 6 heteroatoms. The van der Waals surface area contributed by atoms with Gasteiger partial charge in [0.15, 0.2) is 5.82 Å². The van der Waals surface area contributed by atoms with Crippen molar-refractivity contribution in [2.24, 2.45) is 0 Å². The van der Waals surface area contributed by atoms with E-state index >= 15 is 0 Å². The summed E-state index contributed by atoms with van der Waals surface area (Å²) >= 11 is 3.42. The molecule has 3 heterocycles. The van der Waals surface area contributed by atoms with Gasteiger partial charge in [-0.05, 0) is 28.1 Å². The molecule has 0 radical (unpaired) electrons. The predicted molar refractivity (Wildman–Crippen MR) is 80.9 cm³/mol. The molecule has 0 amide bonds. The average Bonchev–Trinajstić information content (AvgIpc) is 2.89. The number of rotatable bonds is 3. The normalized spacial score (nSPS) is 11.2. The predicted octanol–water partition coefficient (Wildman–Crippen LogP) is 3.10. The van der Waals surface area contributed by atoms with E-state index in [1.807, 2.05) is 16.8 Å². The first-order valence-corrected chi connectivity index (χ1v) is 7.37. The maximum absolute atomic E-state index is 4.57. The van der Waals surface area contributed by atoms with Crippen LogP contribution in [0, 0.1) is 0 Å². The second-order valence-corrected chi connectivity index (χ2v) is 5.33. The standard InChI is InChI=1S/C14H14BrN5/c1-3-12-18-13(4-2)20(19-12)11-5-6-16-10-7-9(15)8-17-14(10)11/h5-8H,3-4H2,1-2H3. The van der Waals surface area contributed by atoms with Crippen LogP contribution in [0.5, 0.6) is 0 Å². The Balaban J connectivity index is 2.26. The Morgan fingerprint density at radius 1 is 1.20 bits per heavy atom. The summed E-state index contributed by atoms with van der Waals surface area (Å²) in [6.45, 7) is 4.13. The van der Waals surface area contributed by atoms with Crippen molar-refractivity contribution in [2.75, 3.05) is 0 Å². The summed E-state index contributed by atoms with van der Waals surface area (Å²) in [5.41, 5.74) is 2.59. The van der Waals surface area contributed by atoms with Crippen molar-refractivity contribution < 1.29 is 0 Å². The van der Waals surface area contributed by atoms with Gasteiger partial charge in [0.2, 0.25) is 0 Å². The number of hydrogen-bond donors (Lipinski definition) is 0. The number of pyridine rings is 2. The molecule has 5 nitrogen and oxygen atoms in total. The second-order valence-electron chi connectivity index (χ2n) is 4.41. The van der Waals surface area contributed by atoms with Gasteiger partial charge in [-0.15, -0.1) is 0 Å². The van der Waals surface area contributed by atoms with Crippen LogP contribution in [0.4, 0.5) is 0 Å². The van der Waals surface area contributed by atoms with E-state index < -0.39 is 0 Å². The van der Waals surface area contributed by atoms with Crippen LogP contribution in [-0.2, 0) is 12.8 Å². The first-order chi connectivity index (χ1) is 9.72. The van der Waals surface area contributed by atoms with Gasteiger partial charge in [0, 0.05) is 29.7 Å². The number of aromatic nitrogens is 5. The van der Waals surface area contributed by atoms with Crippen molar-refractivity contribution in [1.82, 2.24) is 24.7 Å².